The fraction of sp³-hybridized carbons (Fsp3) is 0.318. The van der Waals surface area contributed by atoms with Gasteiger partial charge in [-0.05, 0) is 47.2 Å². The van der Waals surface area contributed by atoms with Gasteiger partial charge in [-0.2, -0.15) is 11.3 Å². The Morgan fingerprint density at radius 3 is 2.57 bits per heavy atom. The number of ketones is 1. The number of dihydropyridines is 1. The molecule has 8 heteroatoms. The van der Waals surface area contributed by atoms with Gasteiger partial charge in [-0.1, -0.05) is 6.07 Å². The lowest BCUT2D eigenvalue weighted by Gasteiger charge is -2.38. The summed E-state index contributed by atoms with van der Waals surface area (Å²) in [4.78, 5) is 40.1. The average Bonchev–Trinajstić information content (AvgIpc) is 3.45. The molecule has 2 aromatic rings. The molecule has 3 heterocycles. The Hall–Kier alpha value is -2.71. The van der Waals surface area contributed by atoms with Crippen molar-refractivity contribution in [2.45, 2.75) is 25.2 Å². The summed E-state index contributed by atoms with van der Waals surface area (Å²) < 4.78 is 10.0. The third-order valence-electron chi connectivity index (χ3n) is 5.66. The summed E-state index contributed by atoms with van der Waals surface area (Å²) in [6.45, 7) is 1.81. The van der Waals surface area contributed by atoms with Crippen LogP contribution in [-0.4, -0.2) is 31.9 Å². The average molecular weight is 444 g/mol. The van der Waals surface area contributed by atoms with E-state index >= 15 is 0 Å². The fourth-order valence-electron chi connectivity index (χ4n) is 4.35. The van der Waals surface area contributed by atoms with E-state index < -0.39 is 23.8 Å². The number of ether oxygens (including phenoxy) is 2. The molecule has 4 rings (SSSR count). The summed E-state index contributed by atoms with van der Waals surface area (Å²) in [5.41, 5.74) is 3.08. The van der Waals surface area contributed by atoms with Gasteiger partial charge < -0.3 is 14.8 Å². The molecule has 0 aromatic carbocycles. The summed E-state index contributed by atoms with van der Waals surface area (Å²) in [5.74, 6) is -3.20. The second-order valence-electron chi connectivity index (χ2n) is 7.23. The molecule has 6 nitrogen and oxygen atoms in total. The Labute approximate surface area is 182 Å². The van der Waals surface area contributed by atoms with Crippen LogP contribution in [0.25, 0.3) is 0 Å². The largest absolute Gasteiger partial charge is 0.468 e. The summed E-state index contributed by atoms with van der Waals surface area (Å²) in [7, 11) is 2.62. The summed E-state index contributed by atoms with van der Waals surface area (Å²) in [5, 5.41) is 9.02. The molecule has 156 valence electrons. The van der Waals surface area contributed by atoms with Crippen molar-refractivity contribution in [1.29, 1.82) is 0 Å². The van der Waals surface area contributed by atoms with Crippen LogP contribution in [0.4, 0.5) is 0 Å². The zero-order valence-electron chi connectivity index (χ0n) is 16.8. The Morgan fingerprint density at radius 1 is 1.17 bits per heavy atom. The van der Waals surface area contributed by atoms with Crippen molar-refractivity contribution < 1.29 is 23.9 Å². The number of allylic oxidation sites excluding steroid dienone is 3. The lowest BCUT2D eigenvalue weighted by Crippen LogP contribution is -2.43. The minimum absolute atomic E-state index is 0.306. The normalized spacial score (nSPS) is 23.7. The maximum Gasteiger partial charge on any atom is 0.336 e. The molecule has 0 saturated heterocycles. The van der Waals surface area contributed by atoms with Gasteiger partial charge >= 0.3 is 11.9 Å². The van der Waals surface area contributed by atoms with Crippen LogP contribution in [0.1, 0.15) is 35.6 Å². The molecule has 2 aromatic heterocycles. The molecule has 0 spiro atoms. The van der Waals surface area contributed by atoms with Crippen molar-refractivity contribution in [1.82, 2.24) is 5.32 Å². The first-order chi connectivity index (χ1) is 14.5. The predicted molar refractivity (Wildman–Crippen MR) is 114 cm³/mol. The smallest absolute Gasteiger partial charge is 0.336 e. The number of Topliss-reactive ketones (excluding diaryl/α,β-unsaturated/α-hetero) is 1. The third kappa shape index (κ3) is 3.30. The molecule has 2 aliphatic rings. The number of methoxy groups -OCH3 is 2. The van der Waals surface area contributed by atoms with Crippen molar-refractivity contribution in [3.63, 3.8) is 0 Å². The van der Waals surface area contributed by atoms with Gasteiger partial charge in [0.05, 0.1) is 19.8 Å². The van der Waals surface area contributed by atoms with E-state index in [2.05, 4.69) is 5.32 Å². The molecular formula is C22H21NO5S2. The molecule has 0 radical (unpaired) electrons. The van der Waals surface area contributed by atoms with E-state index in [0.717, 1.165) is 16.1 Å². The summed E-state index contributed by atoms with van der Waals surface area (Å²) in [6.07, 6.45) is 0.480. The van der Waals surface area contributed by atoms with Gasteiger partial charge in [0.1, 0.15) is 5.92 Å². The minimum Gasteiger partial charge on any atom is -0.468 e. The highest BCUT2D eigenvalue weighted by molar-refractivity contribution is 7.10. The zero-order chi connectivity index (χ0) is 21.4. The van der Waals surface area contributed by atoms with Crippen molar-refractivity contribution in [2.75, 3.05) is 14.2 Å². The van der Waals surface area contributed by atoms with Crippen LogP contribution in [-0.2, 0) is 23.9 Å². The Bertz CT molecular complexity index is 1050. The molecule has 0 unspecified atom stereocenters. The number of hydrogen-bond acceptors (Lipinski definition) is 8. The Morgan fingerprint density at radius 2 is 1.97 bits per heavy atom. The zero-order valence-corrected chi connectivity index (χ0v) is 18.4. The molecule has 0 saturated carbocycles. The third-order valence-corrected chi connectivity index (χ3v) is 7.37. The number of esters is 2. The van der Waals surface area contributed by atoms with Crippen LogP contribution in [0.3, 0.4) is 0 Å². The van der Waals surface area contributed by atoms with Crippen LogP contribution < -0.4 is 5.32 Å². The maximum atomic E-state index is 13.8. The number of carbonyl (C=O) groups excluding carboxylic acids is 3. The van der Waals surface area contributed by atoms with Gasteiger partial charge in [-0.3, -0.25) is 9.59 Å². The monoisotopic (exact) mass is 443 g/mol. The van der Waals surface area contributed by atoms with E-state index in [-0.39, 0.29) is 11.7 Å². The second kappa shape index (κ2) is 8.20. The standard InChI is InChI=1S/C22H21NO5S2/c1-11-16(21(25)27-2)17(12-6-8-29-10-12)19-14(23-11)9-13(15-5-4-7-30-15)18(20(19)24)22(26)28-3/h4-8,10,13,17-18,23H,9H2,1-3H3/t13-,17+,18-/m0/s1. The minimum atomic E-state index is -0.951. The van der Waals surface area contributed by atoms with Gasteiger partial charge in [0.2, 0.25) is 0 Å². The van der Waals surface area contributed by atoms with Gasteiger partial charge in [-0.25, -0.2) is 4.79 Å². The van der Waals surface area contributed by atoms with Crippen LogP contribution >= 0.6 is 22.7 Å². The van der Waals surface area contributed by atoms with Gasteiger partial charge in [0, 0.05) is 33.7 Å². The van der Waals surface area contributed by atoms with E-state index in [1.165, 1.54) is 36.9 Å². The molecule has 30 heavy (non-hydrogen) atoms. The van der Waals surface area contributed by atoms with E-state index in [9.17, 15) is 14.4 Å². The SMILES string of the molecule is COC(=O)C1=C(C)NC2=C(C(=O)[C@@H](C(=O)OC)[C@H](c3cccs3)C2)[C@@H]1c1ccsc1. The van der Waals surface area contributed by atoms with Crippen LogP contribution in [0.2, 0.25) is 0 Å². The number of nitrogens with one attached hydrogen (secondary N) is 1. The Kier molecular flexibility index (Phi) is 5.62. The highest BCUT2D eigenvalue weighted by Gasteiger charge is 2.49. The van der Waals surface area contributed by atoms with E-state index in [1.54, 1.807) is 0 Å². The molecule has 0 amide bonds. The molecule has 1 aliphatic heterocycles. The molecule has 0 fully saturated rings. The Balaban J connectivity index is 1.88. The molecular weight excluding hydrogens is 422 g/mol. The predicted octanol–water partition coefficient (Wildman–Crippen LogP) is 3.74. The van der Waals surface area contributed by atoms with Crippen molar-refractivity contribution >= 4 is 40.4 Å². The number of rotatable bonds is 4. The van der Waals surface area contributed by atoms with Crippen molar-refractivity contribution in [3.05, 3.63) is 67.3 Å². The lowest BCUT2D eigenvalue weighted by atomic mass is 9.68. The van der Waals surface area contributed by atoms with Crippen LogP contribution in [0, 0.1) is 5.92 Å². The first-order valence-electron chi connectivity index (χ1n) is 9.44. The van der Waals surface area contributed by atoms with Gasteiger partial charge in [-0.15, -0.1) is 11.3 Å². The highest BCUT2D eigenvalue weighted by Crippen LogP contribution is 2.48. The number of hydrogen-bond donors (Lipinski definition) is 1. The number of carbonyl (C=O) groups is 3. The molecule has 0 bridgehead atoms. The second-order valence-corrected chi connectivity index (χ2v) is 8.99. The quantitative estimate of drug-likeness (QED) is 0.573. The molecule has 1 N–H and O–H groups in total. The number of thiophene rings is 2. The lowest BCUT2D eigenvalue weighted by molar-refractivity contribution is -0.149. The van der Waals surface area contributed by atoms with Crippen molar-refractivity contribution in [3.8, 4) is 0 Å². The van der Waals surface area contributed by atoms with E-state index in [1.807, 2.05) is 41.3 Å². The van der Waals surface area contributed by atoms with E-state index in [0.29, 0.717) is 23.3 Å². The molecule has 3 atom stereocenters. The maximum absolute atomic E-state index is 13.8. The topological polar surface area (TPSA) is 81.7 Å². The first kappa shape index (κ1) is 20.6. The highest BCUT2D eigenvalue weighted by atomic mass is 32.1. The summed E-state index contributed by atoms with van der Waals surface area (Å²) in [6, 6.07) is 5.74. The van der Waals surface area contributed by atoms with Gasteiger partial charge in [0.25, 0.3) is 0 Å². The van der Waals surface area contributed by atoms with Crippen LogP contribution in [0.15, 0.2) is 56.9 Å². The van der Waals surface area contributed by atoms with Crippen molar-refractivity contribution in [2.24, 2.45) is 5.92 Å². The van der Waals surface area contributed by atoms with Gasteiger partial charge in [0.15, 0.2) is 5.78 Å². The van der Waals surface area contributed by atoms with E-state index in [4.69, 9.17) is 9.47 Å². The fourth-order valence-corrected chi connectivity index (χ4v) is 5.91. The summed E-state index contributed by atoms with van der Waals surface area (Å²) >= 11 is 3.00. The molecule has 1 aliphatic carbocycles. The van der Waals surface area contributed by atoms with Crippen LogP contribution in [0.5, 0.6) is 0 Å². The first-order valence-corrected chi connectivity index (χ1v) is 11.3.